The summed E-state index contributed by atoms with van der Waals surface area (Å²) in [7, 11) is 0. The quantitative estimate of drug-likeness (QED) is 0.836. The van der Waals surface area contributed by atoms with Gasteiger partial charge in [-0.1, -0.05) is 6.07 Å². The van der Waals surface area contributed by atoms with Gasteiger partial charge in [0.15, 0.2) is 0 Å². The fraction of sp³-hybridized carbons (Fsp3) is 0.538. The molecule has 1 fully saturated rings. The highest BCUT2D eigenvalue weighted by Crippen LogP contribution is 2.25. The summed E-state index contributed by atoms with van der Waals surface area (Å²) >= 11 is 0. The molecule has 2 N–H and O–H groups in total. The van der Waals surface area contributed by atoms with Crippen LogP contribution in [0.15, 0.2) is 18.2 Å². The zero-order valence-electron chi connectivity index (χ0n) is 9.58. The van der Waals surface area contributed by atoms with Crippen molar-refractivity contribution in [3.63, 3.8) is 0 Å². The van der Waals surface area contributed by atoms with Gasteiger partial charge in [-0.25, -0.2) is 4.39 Å². The minimum Gasteiger partial charge on any atom is -0.490 e. The van der Waals surface area contributed by atoms with Gasteiger partial charge in [0, 0.05) is 12.1 Å². The van der Waals surface area contributed by atoms with Crippen molar-refractivity contribution in [3.8, 4) is 5.75 Å². The molecule has 1 aliphatic rings. The standard InChI is InChI=1S/C13H18FNO/c1-9-2-3-10(14)8-13(9)16-12-6-4-11(15)5-7-12/h2-3,8,11-12H,4-7,15H2,1H3. The van der Waals surface area contributed by atoms with Gasteiger partial charge < -0.3 is 10.5 Å². The maximum absolute atomic E-state index is 13.1. The van der Waals surface area contributed by atoms with Crippen molar-refractivity contribution in [2.45, 2.75) is 44.8 Å². The number of rotatable bonds is 2. The van der Waals surface area contributed by atoms with Crippen LogP contribution in [0.3, 0.4) is 0 Å². The summed E-state index contributed by atoms with van der Waals surface area (Å²) in [5.41, 5.74) is 6.81. The largest absolute Gasteiger partial charge is 0.490 e. The topological polar surface area (TPSA) is 35.2 Å². The first-order chi connectivity index (χ1) is 7.65. The van der Waals surface area contributed by atoms with Crippen LogP contribution >= 0.6 is 0 Å². The number of aryl methyl sites for hydroxylation is 1. The molecule has 1 aromatic rings. The maximum Gasteiger partial charge on any atom is 0.126 e. The summed E-state index contributed by atoms with van der Waals surface area (Å²) in [5, 5.41) is 0. The first kappa shape index (κ1) is 11.4. The first-order valence-electron chi connectivity index (χ1n) is 5.83. The van der Waals surface area contributed by atoms with E-state index in [1.165, 1.54) is 12.1 Å². The van der Waals surface area contributed by atoms with Crippen LogP contribution < -0.4 is 10.5 Å². The molecule has 16 heavy (non-hydrogen) atoms. The monoisotopic (exact) mass is 223 g/mol. The van der Waals surface area contributed by atoms with Gasteiger partial charge in [0.1, 0.15) is 11.6 Å². The Kier molecular flexibility index (Phi) is 3.44. The molecule has 88 valence electrons. The van der Waals surface area contributed by atoms with Gasteiger partial charge in [0.2, 0.25) is 0 Å². The van der Waals surface area contributed by atoms with Gasteiger partial charge in [-0.15, -0.1) is 0 Å². The van der Waals surface area contributed by atoms with E-state index in [0.29, 0.717) is 11.8 Å². The van der Waals surface area contributed by atoms with Gasteiger partial charge in [-0.2, -0.15) is 0 Å². The van der Waals surface area contributed by atoms with E-state index in [0.717, 1.165) is 31.2 Å². The van der Waals surface area contributed by atoms with E-state index in [1.807, 2.05) is 6.92 Å². The normalized spacial score (nSPS) is 25.4. The molecule has 3 heteroatoms. The molecule has 0 aromatic heterocycles. The third-order valence-electron chi connectivity index (χ3n) is 3.16. The van der Waals surface area contributed by atoms with Crippen LogP contribution in [0.4, 0.5) is 4.39 Å². The molecule has 0 bridgehead atoms. The van der Waals surface area contributed by atoms with Gasteiger partial charge in [0.05, 0.1) is 6.10 Å². The van der Waals surface area contributed by atoms with Crippen molar-refractivity contribution in [1.82, 2.24) is 0 Å². The Morgan fingerprint density at radius 3 is 2.62 bits per heavy atom. The number of hydrogen-bond acceptors (Lipinski definition) is 2. The van der Waals surface area contributed by atoms with Crippen LogP contribution in [0, 0.1) is 12.7 Å². The highest BCUT2D eigenvalue weighted by molar-refractivity contribution is 5.32. The van der Waals surface area contributed by atoms with Crippen LogP contribution in [-0.2, 0) is 0 Å². The molecular formula is C13H18FNO. The van der Waals surface area contributed by atoms with Gasteiger partial charge >= 0.3 is 0 Å². The zero-order valence-corrected chi connectivity index (χ0v) is 9.58. The summed E-state index contributed by atoms with van der Waals surface area (Å²) in [4.78, 5) is 0. The zero-order chi connectivity index (χ0) is 11.5. The minimum atomic E-state index is -0.242. The van der Waals surface area contributed by atoms with Gasteiger partial charge in [-0.05, 0) is 44.2 Å². The molecule has 0 heterocycles. The van der Waals surface area contributed by atoms with E-state index >= 15 is 0 Å². The van der Waals surface area contributed by atoms with Crippen molar-refractivity contribution < 1.29 is 9.13 Å². The Labute approximate surface area is 95.6 Å². The Balaban J connectivity index is 2.00. The molecular weight excluding hydrogens is 205 g/mol. The predicted molar refractivity (Wildman–Crippen MR) is 62.0 cm³/mol. The van der Waals surface area contributed by atoms with Crippen LogP contribution in [-0.4, -0.2) is 12.1 Å². The van der Waals surface area contributed by atoms with E-state index in [1.54, 1.807) is 6.07 Å². The van der Waals surface area contributed by atoms with E-state index in [9.17, 15) is 4.39 Å². The average Bonchev–Trinajstić information content (AvgIpc) is 2.27. The van der Waals surface area contributed by atoms with Crippen LogP contribution in [0.2, 0.25) is 0 Å². The molecule has 1 aliphatic carbocycles. The van der Waals surface area contributed by atoms with E-state index in [-0.39, 0.29) is 11.9 Å². The van der Waals surface area contributed by atoms with Crippen LogP contribution in [0.1, 0.15) is 31.2 Å². The lowest BCUT2D eigenvalue weighted by Gasteiger charge is -2.27. The Morgan fingerprint density at radius 1 is 1.25 bits per heavy atom. The minimum absolute atomic E-state index is 0.195. The molecule has 0 atom stereocenters. The molecule has 2 rings (SSSR count). The third kappa shape index (κ3) is 2.73. The average molecular weight is 223 g/mol. The molecule has 0 aliphatic heterocycles. The second-order valence-corrected chi connectivity index (χ2v) is 4.56. The van der Waals surface area contributed by atoms with Gasteiger partial charge in [0.25, 0.3) is 0 Å². The molecule has 0 amide bonds. The SMILES string of the molecule is Cc1ccc(F)cc1OC1CCC(N)CC1. The smallest absolute Gasteiger partial charge is 0.126 e. The number of hydrogen-bond donors (Lipinski definition) is 1. The first-order valence-corrected chi connectivity index (χ1v) is 5.83. The molecule has 0 unspecified atom stereocenters. The van der Waals surface area contributed by atoms with Crippen molar-refractivity contribution in [3.05, 3.63) is 29.6 Å². The molecule has 1 aromatic carbocycles. The van der Waals surface area contributed by atoms with E-state index < -0.39 is 0 Å². The van der Waals surface area contributed by atoms with Crippen molar-refractivity contribution in [1.29, 1.82) is 0 Å². The fourth-order valence-electron chi connectivity index (χ4n) is 2.09. The van der Waals surface area contributed by atoms with E-state index in [4.69, 9.17) is 10.5 Å². The molecule has 1 saturated carbocycles. The second kappa shape index (κ2) is 4.83. The lowest BCUT2D eigenvalue weighted by molar-refractivity contribution is 0.146. The van der Waals surface area contributed by atoms with Crippen LogP contribution in [0.25, 0.3) is 0 Å². The van der Waals surface area contributed by atoms with Crippen LogP contribution in [0.5, 0.6) is 5.75 Å². The maximum atomic E-state index is 13.1. The predicted octanol–water partition coefficient (Wildman–Crippen LogP) is 2.78. The highest BCUT2D eigenvalue weighted by atomic mass is 19.1. The molecule has 0 spiro atoms. The molecule has 0 saturated heterocycles. The number of ether oxygens (including phenoxy) is 1. The summed E-state index contributed by atoms with van der Waals surface area (Å²) in [6.07, 6.45) is 4.13. The molecule has 2 nitrogen and oxygen atoms in total. The van der Waals surface area contributed by atoms with E-state index in [2.05, 4.69) is 0 Å². The number of halogens is 1. The molecule has 0 radical (unpaired) electrons. The van der Waals surface area contributed by atoms with Gasteiger partial charge in [-0.3, -0.25) is 0 Å². The third-order valence-corrected chi connectivity index (χ3v) is 3.16. The highest BCUT2D eigenvalue weighted by Gasteiger charge is 2.20. The summed E-state index contributed by atoms with van der Waals surface area (Å²) in [5.74, 6) is 0.425. The Bertz CT molecular complexity index is 359. The fourth-order valence-corrected chi connectivity index (χ4v) is 2.09. The Hall–Kier alpha value is -1.09. The number of benzene rings is 1. The summed E-state index contributed by atoms with van der Waals surface area (Å²) in [6, 6.07) is 4.98. The Morgan fingerprint density at radius 2 is 1.94 bits per heavy atom. The van der Waals surface area contributed by atoms with Crippen molar-refractivity contribution in [2.75, 3.05) is 0 Å². The van der Waals surface area contributed by atoms with Crippen molar-refractivity contribution in [2.24, 2.45) is 5.73 Å². The lowest BCUT2D eigenvalue weighted by atomic mass is 9.93. The number of nitrogens with two attached hydrogens (primary N) is 1. The summed E-state index contributed by atoms with van der Waals surface area (Å²) in [6.45, 7) is 1.93. The second-order valence-electron chi connectivity index (χ2n) is 4.56. The lowest BCUT2D eigenvalue weighted by Crippen LogP contribution is -2.31. The van der Waals surface area contributed by atoms with Crippen molar-refractivity contribution >= 4 is 0 Å². The summed E-state index contributed by atoms with van der Waals surface area (Å²) < 4.78 is 18.9.